The summed E-state index contributed by atoms with van der Waals surface area (Å²) in [6.07, 6.45) is 7.25. The molecule has 5 heteroatoms. The number of nitrogens with zero attached hydrogens (tertiary/aromatic N) is 1. The van der Waals surface area contributed by atoms with Crippen LogP contribution >= 0.6 is 0 Å². The van der Waals surface area contributed by atoms with E-state index in [1.807, 2.05) is 0 Å². The molecule has 1 aromatic carbocycles. The van der Waals surface area contributed by atoms with Crippen LogP contribution in [-0.4, -0.2) is 47.4 Å². The number of anilines is 1. The largest absolute Gasteiger partial charge is 0.506 e. The molecule has 26 heavy (non-hydrogen) atoms. The fourth-order valence-corrected chi connectivity index (χ4v) is 4.50. The number of aryl methyl sites for hydroxylation is 1. The zero-order valence-corrected chi connectivity index (χ0v) is 16.4. The molecule has 1 aliphatic heterocycles. The summed E-state index contributed by atoms with van der Waals surface area (Å²) in [5.74, 6) is -0.366. The number of ether oxygens (including phenoxy) is 1. The maximum absolute atomic E-state index is 13.5. The van der Waals surface area contributed by atoms with Crippen molar-refractivity contribution in [1.82, 2.24) is 4.90 Å². The van der Waals surface area contributed by atoms with E-state index < -0.39 is 0 Å². The summed E-state index contributed by atoms with van der Waals surface area (Å²) in [6, 6.07) is 3.23. The van der Waals surface area contributed by atoms with Gasteiger partial charge in [-0.3, -0.25) is 4.90 Å². The lowest BCUT2D eigenvalue weighted by Crippen LogP contribution is -2.53. The van der Waals surface area contributed by atoms with Gasteiger partial charge in [-0.1, -0.05) is 0 Å². The van der Waals surface area contributed by atoms with Crippen molar-refractivity contribution in [3.63, 3.8) is 0 Å². The summed E-state index contributed by atoms with van der Waals surface area (Å²) in [6.45, 7) is 9.14. The Morgan fingerprint density at radius 2 is 1.88 bits per heavy atom. The molecule has 0 amide bonds. The molecular formula is C21H33FN2O2. The van der Waals surface area contributed by atoms with Gasteiger partial charge in [0.2, 0.25) is 0 Å². The summed E-state index contributed by atoms with van der Waals surface area (Å²) >= 11 is 0. The molecule has 1 heterocycles. The van der Waals surface area contributed by atoms with E-state index in [9.17, 15) is 9.50 Å². The highest BCUT2D eigenvalue weighted by molar-refractivity contribution is 5.58. The number of rotatable bonds is 5. The maximum atomic E-state index is 13.5. The van der Waals surface area contributed by atoms with Gasteiger partial charge in [-0.25, -0.2) is 4.39 Å². The molecule has 4 nitrogen and oxygen atoms in total. The quantitative estimate of drug-likeness (QED) is 0.758. The second kappa shape index (κ2) is 8.13. The van der Waals surface area contributed by atoms with Gasteiger partial charge in [-0.15, -0.1) is 0 Å². The van der Waals surface area contributed by atoms with Crippen LogP contribution in [0.3, 0.4) is 0 Å². The molecule has 1 saturated carbocycles. The minimum absolute atomic E-state index is 0.00302. The normalized spacial score (nSPS) is 28.2. The molecule has 1 aromatic rings. The third kappa shape index (κ3) is 4.32. The monoisotopic (exact) mass is 364 g/mol. The Hall–Kier alpha value is -1.33. The molecule has 2 fully saturated rings. The SMILES string of the molecule is CCOC1CCC(C)(N2CCC(Nc3cc(C)c(F)cc3O)CC2)CC1. The number of hydrogen-bond acceptors (Lipinski definition) is 4. The minimum atomic E-state index is -0.363. The second-order valence-corrected chi connectivity index (χ2v) is 8.18. The number of halogens is 1. The molecule has 146 valence electrons. The van der Waals surface area contributed by atoms with E-state index in [4.69, 9.17) is 4.74 Å². The molecule has 0 atom stereocenters. The van der Waals surface area contributed by atoms with Crippen LogP contribution in [0.25, 0.3) is 0 Å². The van der Waals surface area contributed by atoms with Crippen molar-refractivity contribution in [2.45, 2.75) is 77.0 Å². The average molecular weight is 365 g/mol. The second-order valence-electron chi connectivity index (χ2n) is 8.18. The van der Waals surface area contributed by atoms with Crippen LogP contribution in [0.15, 0.2) is 12.1 Å². The van der Waals surface area contributed by atoms with Gasteiger partial charge in [-0.05, 0) is 70.9 Å². The zero-order valence-electron chi connectivity index (χ0n) is 16.4. The van der Waals surface area contributed by atoms with Crippen molar-refractivity contribution < 1.29 is 14.2 Å². The van der Waals surface area contributed by atoms with E-state index >= 15 is 0 Å². The lowest BCUT2D eigenvalue weighted by molar-refractivity contribution is -0.0242. The van der Waals surface area contributed by atoms with Crippen LogP contribution in [-0.2, 0) is 4.74 Å². The Balaban J connectivity index is 1.52. The molecule has 2 N–H and O–H groups in total. The average Bonchev–Trinajstić information content (AvgIpc) is 2.62. The third-order valence-electron chi connectivity index (χ3n) is 6.31. The fourth-order valence-electron chi connectivity index (χ4n) is 4.50. The summed E-state index contributed by atoms with van der Waals surface area (Å²) in [7, 11) is 0. The van der Waals surface area contributed by atoms with E-state index in [-0.39, 0.29) is 17.1 Å². The highest BCUT2D eigenvalue weighted by Gasteiger charge is 2.38. The number of phenolic OH excluding ortho intramolecular Hbond substituents is 1. The first-order valence-corrected chi connectivity index (χ1v) is 10.0. The first-order chi connectivity index (χ1) is 12.4. The standard InChI is InChI=1S/C21H33FN2O2/c1-4-26-17-5-9-21(3,10-6-17)24-11-7-16(8-12-24)23-19-13-15(2)18(22)14-20(19)25/h13-14,16-17,23,25H,4-12H2,1-3H3. The van der Waals surface area contributed by atoms with Crippen LogP contribution < -0.4 is 5.32 Å². The molecule has 0 spiro atoms. The summed E-state index contributed by atoms with van der Waals surface area (Å²) in [5, 5.41) is 13.4. The van der Waals surface area contributed by atoms with Gasteiger partial charge in [0.15, 0.2) is 0 Å². The molecule has 3 rings (SSSR count). The van der Waals surface area contributed by atoms with Gasteiger partial charge in [-0.2, -0.15) is 0 Å². The van der Waals surface area contributed by atoms with Crippen molar-refractivity contribution in [3.8, 4) is 5.75 Å². The number of hydrogen-bond donors (Lipinski definition) is 2. The number of aromatic hydroxyl groups is 1. The lowest BCUT2D eigenvalue weighted by Gasteiger charge is -2.48. The number of benzene rings is 1. The van der Waals surface area contributed by atoms with E-state index in [1.54, 1.807) is 13.0 Å². The number of nitrogens with one attached hydrogen (secondary N) is 1. The Morgan fingerprint density at radius 3 is 2.50 bits per heavy atom. The van der Waals surface area contributed by atoms with Gasteiger partial charge >= 0.3 is 0 Å². The van der Waals surface area contributed by atoms with Crippen LogP contribution in [0.5, 0.6) is 5.75 Å². The lowest BCUT2D eigenvalue weighted by atomic mass is 9.79. The number of piperidine rings is 1. The molecule has 0 aromatic heterocycles. The van der Waals surface area contributed by atoms with Crippen LogP contribution in [0.4, 0.5) is 10.1 Å². The van der Waals surface area contributed by atoms with Crippen molar-refractivity contribution in [2.24, 2.45) is 0 Å². The topological polar surface area (TPSA) is 44.7 Å². The van der Waals surface area contributed by atoms with Gasteiger partial charge in [0.1, 0.15) is 11.6 Å². The van der Waals surface area contributed by atoms with Crippen molar-refractivity contribution >= 4 is 5.69 Å². The highest BCUT2D eigenvalue weighted by atomic mass is 19.1. The highest BCUT2D eigenvalue weighted by Crippen LogP contribution is 2.37. The van der Waals surface area contributed by atoms with Crippen LogP contribution in [0.2, 0.25) is 0 Å². The summed E-state index contributed by atoms with van der Waals surface area (Å²) in [5.41, 5.74) is 1.49. The van der Waals surface area contributed by atoms with Gasteiger partial charge < -0.3 is 15.2 Å². The Labute approximate surface area is 156 Å². The minimum Gasteiger partial charge on any atom is -0.506 e. The van der Waals surface area contributed by atoms with Crippen LogP contribution in [0.1, 0.15) is 57.9 Å². The third-order valence-corrected chi connectivity index (χ3v) is 6.31. The molecule has 1 aliphatic carbocycles. The summed E-state index contributed by atoms with van der Waals surface area (Å²) in [4.78, 5) is 2.64. The predicted molar refractivity (Wildman–Crippen MR) is 103 cm³/mol. The van der Waals surface area contributed by atoms with E-state index in [0.29, 0.717) is 23.4 Å². The molecule has 2 aliphatic rings. The van der Waals surface area contributed by atoms with Gasteiger partial charge in [0.05, 0.1) is 11.8 Å². The van der Waals surface area contributed by atoms with Crippen molar-refractivity contribution in [3.05, 3.63) is 23.5 Å². The molecule has 0 radical (unpaired) electrons. The molecule has 0 bridgehead atoms. The van der Waals surface area contributed by atoms with Gasteiger partial charge in [0, 0.05) is 37.3 Å². The number of phenols is 1. The zero-order chi connectivity index (χ0) is 18.7. The fraction of sp³-hybridized carbons (Fsp3) is 0.714. The maximum Gasteiger partial charge on any atom is 0.141 e. The van der Waals surface area contributed by atoms with E-state index in [0.717, 1.165) is 45.4 Å². The molecule has 0 unspecified atom stereocenters. The first-order valence-electron chi connectivity index (χ1n) is 10.0. The number of likely N-dealkylation sites (tertiary alicyclic amines) is 1. The van der Waals surface area contributed by atoms with Gasteiger partial charge in [0.25, 0.3) is 0 Å². The Morgan fingerprint density at radius 1 is 1.23 bits per heavy atom. The smallest absolute Gasteiger partial charge is 0.141 e. The first kappa shape index (κ1) is 19.4. The van der Waals surface area contributed by atoms with Crippen molar-refractivity contribution in [2.75, 3.05) is 25.0 Å². The molecule has 1 saturated heterocycles. The van der Waals surface area contributed by atoms with Crippen LogP contribution in [0, 0.1) is 12.7 Å². The van der Waals surface area contributed by atoms with Crippen molar-refractivity contribution in [1.29, 1.82) is 0 Å². The summed E-state index contributed by atoms with van der Waals surface area (Å²) < 4.78 is 19.3. The predicted octanol–water partition coefficient (Wildman–Crippen LogP) is 4.45. The Kier molecular flexibility index (Phi) is 6.08. The van der Waals surface area contributed by atoms with E-state index in [1.165, 1.54) is 18.9 Å². The van der Waals surface area contributed by atoms with E-state index in [2.05, 4.69) is 24.1 Å². The molecular weight excluding hydrogens is 331 g/mol. The Bertz CT molecular complexity index is 606.